The van der Waals surface area contributed by atoms with Gasteiger partial charge in [0.2, 0.25) is 23.2 Å². The van der Waals surface area contributed by atoms with Crippen molar-refractivity contribution in [2.24, 2.45) is 9.98 Å². The Bertz CT molecular complexity index is 1330. The summed E-state index contributed by atoms with van der Waals surface area (Å²) in [6, 6.07) is 11.5. The van der Waals surface area contributed by atoms with Crippen LogP contribution in [0.25, 0.3) is 0 Å². The lowest BCUT2D eigenvalue weighted by Gasteiger charge is -2.35. The highest BCUT2D eigenvalue weighted by molar-refractivity contribution is 7.14. The summed E-state index contributed by atoms with van der Waals surface area (Å²) in [6.45, 7) is 3.91. The highest BCUT2D eigenvalue weighted by Crippen LogP contribution is 2.48. The van der Waals surface area contributed by atoms with Gasteiger partial charge in [-0.2, -0.15) is 0 Å². The molecule has 2 aliphatic heterocycles. The lowest BCUT2D eigenvalue weighted by atomic mass is 9.88. The number of thiazole rings is 2. The number of guanidine groups is 2. The minimum absolute atomic E-state index is 0.519. The van der Waals surface area contributed by atoms with Crippen LogP contribution in [-0.2, 0) is 11.3 Å². The summed E-state index contributed by atoms with van der Waals surface area (Å²) in [6.07, 6.45) is 3.49. The van der Waals surface area contributed by atoms with Crippen LogP contribution in [0.5, 0.6) is 0 Å². The van der Waals surface area contributed by atoms with Crippen molar-refractivity contribution in [2.45, 2.75) is 25.2 Å². The number of fused-ring (bicyclic) bond motifs is 1. The largest absolute Gasteiger partial charge is 0.324 e. The van der Waals surface area contributed by atoms with Gasteiger partial charge in [0.15, 0.2) is 10.3 Å². The van der Waals surface area contributed by atoms with Crippen molar-refractivity contribution in [1.29, 1.82) is 0 Å². The third-order valence-corrected chi connectivity index (χ3v) is 7.19. The first-order valence-corrected chi connectivity index (χ1v) is 12.3. The van der Waals surface area contributed by atoms with Crippen LogP contribution in [0.2, 0.25) is 0 Å². The van der Waals surface area contributed by atoms with Crippen LogP contribution < -0.4 is 21.3 Å². The lowest BCUT2D eigenvalue weighted by Crippen LogP contribution is -2.61. The van der Waals surface area contributed by atoms with Gasteiger partial charge in [0, 0.05) is 23.2 Å². The molecular weight excluding hydrogens is 468 g/mol. The van der Waals surface area contributed by atoms with Gasteiger partial charge in [-0.25, -0.2) is 20.0 Å². The van der Waals surface area contributed by atoms with Gasteiger partial charge in [0.25, 0.3) is 0 Å². The van der Waals surface area contributed by atoms with Gasteiger partial charge in [0.05, 0.1) is 22.8 Å². The van der Waals surface area contributed by atoms with E-state index in [1.165, 1.54) is 22.7 Å². The van der Waals surface area contributed by atoms with Crippen LogP contribution in [0.4, 0.5) is 10.3 Å². The molecule has 0 spiro atoms. The highest BCUT2D eigenvalue weighted by Gasteiger charge is 2.65. The molecule has 4 aromatic rings. The Balaban J connectivity index is 1.50. The maximum atomic E-state index is 5.05. The number of pyridine rings is 2. The zero-order valence-electron chi connectivity index (χ0n) is 18.3. The second kappa shape index (κ2) is 7.85. The molecule has 6 rings (SSSR count). The molecule has 0 atom stereocenters. The van der Waals surface area contributed by atoms with E-state index in [-0.39, 0.29) is 0 Å². The maximum Gasteiger partial charge on any atom is 0.246 e. The van der Waals surface area contributed by atoms with Crippen molar-refractivity contribution in [3.63, 3.8) is 0 Å². The Morgan fingerprint density at radius 1 is 0.735 bits per heavy atom. The summed E-state index contributed by atoms with van der Waals surface area (Å²) in [7, 11) is 0. The fourth-order valence-corrected chi connectivity index (χ4v) is 5.42. The Morgan fingerprint density at radius 3 is 1.71 bits per heavy atom. The van der Waals surface area contributed by atoms with Crippen molar-refractivity contribution >= 4 is 44.9 Å². The summed E-state index contributed by atoms with van der Waals surface area (Å²) in [5.74, 6) is 1.04. The van der Waals surface area contributed by atoms with Gasteiger partial charge in [-0.3, -0.25) is 9.97 Å². The first-order chi connectivity index (χ1) is 16.6. The predicted molar refractivity (Wildman–Crippen MR) is 134 cm³/mol. The number of aliphatic imine (C=N–C) groups is 2. The van der Waals surface area contributed by atoms with E-state index in [4.69, 9.17) is 9.98 Å². The van der Waals surface area contributed by atoms with E-state index in [2.05, 4.69) is 41.2 Å². The first-order valence-electron chi connectivity index (χ1n) is 10.5. The summed E-state index contributed by atoms with van der Waals surface area (Å²) < 4.78 is 0. The minimum Gasteiger partial charge on any atom is -0.324 e. The molecule has 34 heavy (non-hydrogen) atoms. The van der Waals surface area contributed by atoms with Crippen LogP contribution in [-0.4, -0.2) is 31.9 Å². The molecule has 6 heterocycles. The summed E-state index contributed by atoms with van der Waals surface area (Å²) in [4.78, 5) is 28.5. The second-order valence-corrected chi connectivity index (χ2v) is 9.58. The number of nitrogens with zero attached hydrogens (tertiary/aromatic N) is 6. The molecule has 12 heteroatoms. The molecule has 170 valence electrons. The monoisotopic (exact) mass is 488 g/mol. The van der Waals surface area contributed by atoms with Crippen LogP contribution in [0, 0.1) is 13.8 Å². The van der Waals surface area contributed by atoms with Crippen molar-refractivity contribution in [1.82, 2.24) is 30.6 Å². The van der Waals surface area contributed by atoms with Gasteiger partial charge in [-0.15, -0.1) is 22.7 Å². The van der Waals surface area contributed by atoms with Gasteiger partial charge >= 0.3 is 0 Å². The summed E-state index contributed by atoms with van der Waals surface area (Å²) in [5, 5.41) is 19.1. The molecule has 10 nitrogen and oxygen atoms in total. The molecule has 0 aromatic carbocycles. The van der Waals surface area contributed by atoms with E-state index >= 15 is 0 Å². The fraction of sp³-hybridized carbons (Fsp3) is 0.182. The smallest absolute Gasteiger partial charge is 0.246 e. The molecule has 0 saturated heterocycles. The van der Waals surface area contributed by atoms with Gasteiger partial charge < -0.3 is 21.3 Å². The standard InChI is InChI=1S/C22H20N10S2/c1-13-11-33-19(25-13)27-17-29-21(15-7-3-5-9-23-15)22(30-17,16-8-4-6-10-24-16)32-18(31-21)28-20-26-14(2)12-34-20/h3-12H,1-2H3,(H2,25,27,29,30)(H2,26,28,31,32). The van der Waals surface area contributed by atoms with Gasteiger partial charge in [0.1, 0.15) is 0 Å². The summed E-state index contributed by atoms with van der Waals surface area (Å²) >= 11 is 3.02. The number of aryl methyl sites for hydroxylation is 2. The number of nitrogens with one attached hydrogen (secondary N) is 4. The maximum absolute atomic E-state index is 5.05. The molecule has 4 N–H and O–H groups in total. The lowest BCUT2D eigenvalue weighted by molar-refractivity contribution is 0.222. The molecule has 0 aliphatic carbocycles. The molecule has 0 radical (unpaired) electrons. The zero-order chi connectivity index (χ0) is 23.2. The number of aromatic nitrogens is 4. The Hall–Kier alpha value is -3.90. The van der Waals surface area contributed by atoms with E-state index in [0.29, 0.717) is 23.3 Å². The van der Waals surface area contributed by atoms with Crippen LogP contribution in [0.15, 0.2) is 69.5 Å². The minimum atomic E-state index is -1.17. The van der Waals surface area contributed by atoms with Crippen molar-refractivity contribution in [2.75, 3.05) is 10.6 Å². The molecule has 0 unspecified atom stereocenters. The third-order valence-electron chi connectivity index (χ3n) is 5.44. The number of hydrogen-bond acceptors (Lipinski definition) is 12. The molecule has 4 aromatic heterocycles. The van der Waals surface area contributed by atoms with Gasteiger partial charge in [-0.05, 0) is 38.1 Å². The number of anilines is 2. The molecule has 0 amide bonds. The van der Waals surface area contributed by atoms with Crippen molar-refractivity contribution in [3.05, 3.63) is 82.3 Å². The van der Waals surface area contributed by atoms with Crippen LogP contribution in [0.1, 0.15) is 22.8 Å². The van der Waals surface area contributed by atoms with Crippen LogP contribution >= 0.6 is 22.7 Å². The van der Waals surface area contributed by atoms with E-state index in [9.17, 15) is 0 Å². The number of hydrogen-bond donors (Lipinski definition) is 4. The Labute approximate surface area is 203 Å². The average Bonchev–Trinajstić information content (AvgIpc) is 3.58. The fourth-order valence-electron chi connectivity index (χ4n) is 4.04. The predicted octanol–water partition coefficient (Wildman–Crippen LogP) is 3.15. The van der Waals surface area contributed by atoms with Crippen molar-refractivity contribution < 1.29 is 0 Å². The second-order valence-electron chi connectivity index (χ2n) is 7.86. The van der Waals surface area contributed by atoms with Gasteiger partial charge in [-0.1, -0.05) is 12.1 Å². The molecule has 2 aliphatic rings. The topological polar surface area (TPSA) is 124 Å². The van der Waals surface area contributed by atoms with E-state index in [0.717, 1.165) is 21.7 Å². The normalized spacial score (nSPS) is 22.9. The Kier molecular flexibility index (Phi) is 4.78. The van der Waals surface area contributed by atoms with Crippen molar-refractivity contribution in [3.8, 4) is 0 Å². The highest BCUT2D eigenvalue weighted by atomic mass is 32.1. The molecule has 0 saturated carbocycles. The molecular formula is C22H20N10S2. The van der Waals surface area contributed by atoms with Crippen LogP contribution in [0.3, 0.4) is 0 Å². The van der Waals surface area contributed by atoms with E-state index in [1.54, 1.807) is 12.4 Å². The number of rotatable bonds is 4. The Morgan fingerprint density at radius 2 is 1.26 bits per heavy atom. The van der Waals surface area contributed by atoms with E-state index in [1.807, 2.05) is 61.0 Å². The van der Waals surface area contributed by atoms with E-state index < -0.39 is 11.3 Å². The third kappa shape index (κ3) is 3.30. The quantitative estimate of drug-likeness (QED) is 0.345. The zero-order valence-corrected chi connectivity index (χ0v) is 19.9. The molecule has 0 fully saturated rings. The summed E-state index contributed by atoms with van der Waals surface area (Å²) in [5.41, 5.74) is 1.04. The molecule has 0 bridgehead atoms. The SMILES string of the molecule is Cc1csc(NC2=NC3(c4ccccn4)N=C(Nc4nc(C)cs4)NC3(c3ccccn3)N2)n1. The average molecular weight is 489 g/mol. The first kappa shape index (κ1) is 20.7.